The molecule has 0 aliphatic heterocycles. The quantitative estimate of drug-likeness (QED) is 0.921. The Morgan fingerprint density at radius 3 is 2.55 bits per heavy atom. The molecule has 1 atom stereocenters. The molecule has 0 saturated heterocycles. The van der Waals surface area contributed by atoms with E-state index in [2.05, 4.69) is 5.32 Å². The van der Waals surface area contributed by atoms with Gasteiger partial charge in [-0.1, -0.05) is 24.3 Å². The van der Waals surface area contributed by atoms with Gasteiger partial charge in [-0.25, -0.2) is 0 Å². The third-order valence-electron chi connectivity index (χ3n) is 3.58. The van der Waals surface area contributed by atoms with E-state index in [1.807, 2.05) is 74.4 Å². The SMILES string of the molecule is COc1ccccc1C(C)NC(=O)c1cccc(N(C)C)c1. The molecule has 0 spiro atoms. The summed E-state index contributed by atoms with van der Waals surface area (Å²) < 4.78 is 5.35. The summed E-state index contributed by atoms with van der Waals surface area (Å²) in [6, 6.07) is 15.1. The lowest BCUT2D eigenvalue weighted by molar-refractivity contribution is 0.0939. The van der Waals surface area contributed by atoms with E-state index in [0.717, 1.165) is 17.0 Å². The molecule has 0 radical (unpaired) electrons. The van der Waals surface area contributed by atoms with Gasteiger partial charge >= 0.3 is 0 Å². The van der Waals surface area contributed by atoms with Crippen LogP contribution in [0, 0.1) is 0 Å². The van der Waals surface area contributed by atoms with Gasteiger partial charge in [0.2, 0.25) is 0 Å². The highest BCUT2D eigenvalue weighted by Gasteiger charge is 2.15. The number of benzene rings is 2. The molecule has 0 saturated carbocycles. The zero-order chi connectivity index (χ0) is 16.1. The second-order valence-corrected chi connectivity index (χ2v) is 5.38. The Bertz CT molecular complexity index is 653. The van der Waals surface area contributed by atoms with E-state index in [1.165, 1.54) is 0 Å². The minimum absolute atomic E-state index is 0.0953. The number of nitrogens with one attached hydrogen (secondary N) is 1. The normalized spacial score (nSPS) is 11.6. The zero-order valence-electron chi connectivity index (χ0n) is 13.5. The molecule has 22 heavy (non-hydrogen) atoms. The molecule has 2 aromatic carbocycles. The molecule has 1 amide bonds. The van der Waals surface area contributed by atoms with Gasteiger partial charge in [-0.3, -0.25) is 4.79 Å². The number of nitrogens with zero attached hydrogens (tertiary/aromatic N) is 1. The Morgan fingerprint density at radius 1 is 1.14 bits per heavy atom. The van der Waals surface area contributed by atoms with Crippen molar-refractivity contribution in [1.29, 1.82) is 0 Å². The summed E-state index contributed by atoms with van der Waals surface area (Å²) in [5, 5.41) is 3.02. The molecule has 4 heteroatoms. The van der Waals surface area contributed by atoms with Gasteiger partial charge in [0, 0.05) is 30.9 Å². The number of methoxy groups -OCH3 is 1. The Labute approximate surface area is 131 Å². The topological polar surface area (TPSA) is 41.6 Å². The highest BCUT2D eigenvalue weighted by Crippen LogP contribution is 2.24. The van der Waals surface area contributed by atoms with E-state index in [-0.39, 0.29) is 11.9 Å². The average molecular weight is 298 g/mol. The average Bonchev–Trinajstić information content (AvgIpc) is 2.54. The molecule has 0 bridgehead atoms. The fourth-order valence-corrected chi connectivity index (χ4v) is 2.31. The van der Waals surface area contributed by atoms with Crippen molar-refractivity contribution in [2.45, 2.75) is 13.0 Å². The number of para-hydroxylation sites is 1. The summed E-state index contributed by atoms with van der Waals surface area (Å²) >= 11 is 0. The number of ether oxygens (including phenoxy) is 1. The predicted molar refractivity (Wildman–Crippen MR) is 89.6 cm³/mol. The fraction of sp³-hybridized carbons (Fsp3) is 0.278. The Balaban J connectivity index is 2.16. The minimum Gasteiger partial charge on any atom is -0.496 e. The first-order chi connectivity index (χ1) is 10.5. The smallest absolute Gasteiger partial charge is 0.251 e. The van der Waals surface area contributed by atoms with Crippen molar-refractivity contribution in [2.24, 2.45) is 0 Å². The third kappa shape index (κ3) is 3.58. The van der Waals surface area contributed by atoms with Crippen LogP contribution in [0.25, 0.3) is 0 Å². The van der Waals surface area contributed by atoms with Crippen LogP contribution < -0.4 is 15.0 Å². The van der Waals surface area contributed by atoms with Crippen LogP contribution in [0.3, 0.4) is 0 Å². The lowest BCUT2D eigenvalue weighted by Gasteiger charge is -2.18. The molecule has 1 unspecified atom stereocenters. The van der Waals surface area contributed by atoms with Crippen LogP contribution in [0.2, 0.25) is 0 Å². The van der Waals surface area contributed by atoms with Crippen LogP contribution in [0.5, 0.6) is 5.75 Å². The van der Waals surface area contributed by atoms with Gasteiger partial charge in [-0.05, 0) is 31.2 Å². The lowest BCUT2D eigenvalue weighted by atomic mass is 10.1. The van der Waals surface area contributed by atoms with E-state index in [9.17, 15) is 4.79 Å². The second-order valence-electron chi connectivity index (χ2n) is 5.38. The number of amides is 1. The molecular weight excluding hydrogens is 276 g/mol. The summed E-state index contributed by atoms with van der Waals surface area (Å²) in [5.41, 5.74) is 2.60. The van der Waals surface area contributed by atoms with Gasteiger partial charge < -0.3 is 15.0 Å². The van der Waals surface area contributed by atoms with E-state index in [0.29, 0.717) is 5.56 Å². The van der Waals surface area contributed by atoms with E-state index < -0.39 is 0 Å². The first-order valence-corrected chi connectivity index (χ1v) is 7.24. The number of hydrogen-bond donors (Lipinski definition) is 1. The summed E-state index contributed by atoms with van der Waals surface area (Å²) in [6.45, 7) is 1.95. The van der Waals surface area contributed by atoms with Gasteiger partial charge in [0.1, 0.15) is 5.75 Å². The molecule has 0 aliphatic rings. The first kappa shape index (κ1) is 15.9. The van der Waals surface area contributed by atoms with Crippen molar-refractivity contribution >= 4 is 11.6 Å². The molecule has 4 nitrogen and oxygen atoms in total. The fourth-order valence-electron chi connectivity index (χ4n) is 2.31. The van der Waals surface area contributed by atoms with Gasteiger partial charge in [0.05, 0.1) is 13.2 Å². The molecule has 0 aromatic heterocycles. The molecule has 0 fully saturated rings. The molecular formula is C18H22N2O2. The largest absolute Gasteiger partial charge is 0.496 e. The van der Waals surface area contributed by atoms with Crippen molar-refractivity contribution in [1.82, 2.24) is 5.32 Å². The molecule has 116 valence electrons. The number of hydrogen-bond acceptors (Lipinski definition) is 3. The Kier molecular flexibility index (Phi) is 5.04. The van der Waals surface area contributed by atoms with Crippen LogP contribution in [-0.4, -0.2) is 27.1 Å². The summed E-state index contributed by atoms with van der Waals surface area (Å²) in [6.07, 6.45) is 0. The van der Waals surface area contributed by atoms with Crippen molar-refractivity contribution in [3.63, 3.8) is 0 Å². The van der Waals surface area contributed by atoms with Gasteiger partial charge in [-0.2, -0.15) is 0 Å². The van der Waals surface area contributed by atoms with E-state index in [4.69, 9.17) is 4.74 Å². The summed E-state index contributed by atoms with van der Waals surface area (Å²) in [5.74, 6) is 0.680. The minimum atomic E-state index is -0.133. The lowest BCUT2D eigenvalue weighted by Crippen LogP contribution is -2.27. The maximum Gasteiger partial charge on any atom is 0.251 e. The van der Waals surface area contributed by atoms with Crippen LogP contribution in [0.4, 0.5) is 5.69 Å². The Morgan fingerprint density at radius 2 is 1.86 bits per heavy atom. The van der Waals surface area contributed by atoms with Crippen molar-refractivity contribution < 1.29 is 9.53 Å². The number of carbonyl (C=O) groups is 1. The van der Waals surface area contributed by atoms with Crippen LogP contribution in [0.1, 0.15) is 28.9 Å². The number of carbonyl (C=O) groups excluding carboxylic acids is 1. The number of rotatable bonds is 5. The Hall–Kier alpha value is -2.49. The molecule has 2 rings (SSSR count). The third-order valence-corrected chi connectivity index (χ3v) is 3.58. The monoisotopic (exact) mass is 298 g/mol. The van der Waals surface area contributed by atoms with Gasteiger partial charge in [-0.15, -0.1) is 0 Å². The highest BCUT2D eigenvalue weighted by atomic mass is 16.5. The van der Waals surface area contributed by atoms with Gasteiger partial charge in [0.25, 0.3) is 5.91 Å². The maximum absolute atomic E-state index is 12.4. The number of anilines is 1. The maximum atomic E-state index is 12.4. The van der Waals surface area contributed by atoms with Crippen molar-refractivity contribution in [3.05, 3.63) is 59.7 Å². The molecule has 1 N–H and O–H groups in total. The van der Waals surface area contributed by atoms with E-state index in [1.54, 1.807) is 7.11 Å². The predicted octanol–water partition coefficient (Wildman–Crippen LogP) is 3.25. The molecule has 0 heterocycles. The standard InChI is InChI=1S/C18H22N2O2/c1-13(16-10-5-6-11-17(16)22-4)19-18(21)14-8-7-9-15(12-14)20(2)3/h5-13H,1-4H3,(H,19,21). The first-order valence-electron chi connectivity index (χ1n) is 7.24. The van der Waals surface area contributed by atoms with Gasteiger partial charge in [0.15, 0.2) is 0 Å². The van der Waals surface area contributed by atoms with Crippen molar-refractivity contribution in [2.75, 3.05) is 26.1 Å². The molecule has 0 aliphatic carbocycles. The zero-order valence-corrected chi connectivity index (χ0v) is 13.5. The summed E-state index contributed by atoms with van der Waals surface area (Å²) in [7, 11) is 5.54. The van der Waals surface area contributed by atoms with E-state index >= 15 is 0 Å². The van der Waals surface area contributed by atoms with Crippen LogP contribution in [-0.2, 0) is 0 Å². The molecule has 2 aromatic rings. The van der Waals surface area contributed by atoms with Crippen LogP contribution >= 0.6 is 0 Å². The highest BCUT2D eigenvalue weighted by molar-refractivity contribution is 5.95. The van der Waals surface area contributed by atoms with Crippen LogP contribution in [0.15, 0.2) is 48.5 Å². The second kappa shape index (κ2) is 6.98. The van der Waals surface area contributed by atoms with Crippen molar-refractivity contribution in [3.8, 4) is 5.75 Å². The summed E-state index contributed by atoms with van der Waals surface area (Å²) in [4.78, 5) is 14.4.